The van der Waals surface area contributed by atoms with Gasteiger partial charge in [-0.25, -0.2) is 0 Å². The van der Waals surface area contributed by atoms with Gasteiger partial charge in [0.05, 0.1) is 5.75 Å². The molecule has 0 spiro atoms. The van der Waals surface area contributed by atoms with Gasteiger partial charge in [0.15, 0.2) is 0 Å². The van der Waals surface area contributed by atoms with Crippen LogP contribution in [0.3, 0.4) is 0 Å². The van der Waals surface area contributed by atoms with E-state index in [1.165, 1.54) is 0 Å². The largest absolute Gasteiger partial charge is 0.368 e. The highest BCUT2D eigenvalue weighted by atomic mass is 35.5. The van der Waals surface area contributed by atoms with Gasteiger partial charge in [-0.2, -0.15) is 15.0 Å². The topological polar surface area (TPSA) is 67.9 Å². The first-order chi connectivity index (χ1) is 9.95. The molecule has 1 aromatic carbocycles. The highest BCUT2D eigenvalue weighted by Crippen LogP contribution is 2.26. The zero-order valence-electron chi connectivity index (χ0n) is 11.7. The van der Waals surface area contributed by atoms with E-state index in [1.807, 2.05) is 26.2 Å². The van der Waals surface area contributed by atoms with Crippen molar-refractivity contribution in [2.75, 3.05) is 24.7 Å². The van der Waals surface area contributed by atoms with Gasteiger partial charge in [0.1, 0.15) is 5.82 Å². The summed E-state index contributed by atoms with van der Waals surface area (Å²) in [6, 6.07) is 5.49. The number of thioether (sulfide) groups is 1. The Morgan fingerprint density at radius 1 is 1.14 bits per heavy atom. The molecule has 1 aromatic heterocycles. The first kappa shape index (κ1) is 16.1. The van der Waals surface area contributed by atoms with Crippen molar-refractivity contribution in [3.8, 4) is 0 Å². The zero-order valence-corrected chi connectivity index (χ0v) is 14.0. The SMILES string of the molecule is CN(C)c1nc(N)nc(CSCc2ccc(Cl)cc2Cl)n1. The van der Waals surface area contributed by atoms with Crippen LogP contribution >= 0.6 is 35.0 Å². The highest BCUT2D eigenvalue weighted by molar-refractivity contribution is 7.97. The average molecular weight is 344 g/mol. The van der Waals surface area contributed by atoms with Crippen LogP contribution in [0.1, 0.15) is 11.4 Å². The quantitative estimate of drug-likeness (QED) is 0.898. The number of benzene rings is 1. The van der Waals surface area contributed by atoms with E-state index in [4.69, 9.17) is 28.9 Å². The van der Waals surface area contributed by atoms with E-state index < -0.39 is 0 Å². The smallest absolute Gasteiger partial charge is 0.229 e. The Labute approximate surface area is 137 Å². The predicted molar refractivity (Wildman–Crippen MR) is 90.0 cm³/mol. The van der Waals surface area contributed by atoms with Gasteiger partial charge in [-0.1, -0.05) is 29.3 Å². The van der Waals surface area contributed by atoms with Crippen LogP contribution < -0.4 is 10.6 Å². The van der Waals surface area contributed by atoms with Gasteiger partial charge < -0.3 is 10.6 Å². The molecule has 2 N–H and O–H groups in total. The van der Waals surface area contributed by atoms with E-state index in [2.05, 4.69) is 15.0 Å². The van der Waals surface area contributed by atoms with Crippen molar-refractivity contribution in [3.05, 3.63) is 39.6 Å². The fourth-order valence-electron chi connectivity index (χ4n) is 1.58. The third-order valence-corrected chi connectivity index (χ3v) is 4.16. The molecule has 0 fully saturated rings. The standard InChI is InChI=1S/C13H15Cl2N5S/c1-20(2)13-18-11(17-12(16)19-13)7-21-6-8-3-4-9(14)5-10(8)15/h3-5H,6-7H2,1-2H3,(H2,16,17,18,19). The second-order valence-electron chi connectivity index (χ2n) is 4.53. The molecule has 112 valence electrons. The maximum absolute atomic E-state index is 6.14. The maximum atomic E-state index is 6.14. The molecule has 0 bridgehead atoms. The van der Waals surface area contributed by atoms with E-state index in [1.54, 1.807) is 22.7 Å². The molecule has 21 heavy (non-hydrogen) atoms. The lowest BCUT2D eigenvalue weighted by molar-refractivity contribution is 0.919. The first-order valence-electron chi connectivity index (χ1n) is 6.15. The normalized spacial score (nSPS) is 10.7. The number of aromatic nitrogens is 3. The van der Waals surface area contributed by atoms with Crippen LogP contribution in [-0.4, -0.2) is 29.0 Å². The molecular weight excluding hydrogens is 329 g/mol. The average Bonchev–Trinajstić information content (AvgIpc) is 2.40. The van der Waals surface area contributed by atoms with E-state index in [9.17, 15) is 0 Å². The van der Waals surface area contributed by atoms with Crippen molar-refractivity contribution >= 4 is 46.9 Å². The van der Waals surface area contributed by atoms with Crippen molar-refractivity contribution in [1.82, 2.24) is 15.0 Å². The first-order valence-corrected chi connectivity index (χ1v) is 8.06. The molecule has 0 saturated carbocycles. The number of rotatable bonds is 5. The summed E-state index contributed by atoms with van der Waals surface area (Å²) < 4.78 is 0. The Bertz CT molecular complexity index is 636. The second-order valence-corrected chi connectivity index (χ2v) is 6.36. The molecule has 0 atom stereocenters. The molecule has 0 amide bonds. The summed E-state index contributed by atoms with van der Waals surface area (Å²) in [7, 11) is 3.72. The van der Waals surface area contributed by atoms with E-state index in [0.717, 1.165) is 11.3 Å². The molecule has 2 aromatic rings. The van der Waals surface area contributed by atoms with Gasteiger partial charge in [-0.3, -0.25) is 0 Å². The Morgan fingerprint density at radius 2 is 1.90 bits per heavy atom. The van der Waals surface area contributed by atoms with Crippen LogP contribution in [0.5, 0.6) is 0 Å². The summed E-state index contributed by atoms with van der Waals surface area (Å²) in [6.07, 6.45) is 0. The number of halogens is 2. The van der Waals surface area contributed by atoms with Gasteiger partial charge in [0, 0.05) is 29.9 Å². The summed E-state index contributed by atoms with van der Waals surface area (Å²) in [5, 5.41) is 1.30. The lowest BCUT2D eigenvalue weighted by Crippen LogP contribution is -2.15. The number of nitrogen functional groups attached to an aromatic ring is 1. The molecule has 0 aliphatic carbocycles. The molecule has 0 unspecified atom stereocenters. The number of hydrogen-bond acceptors (Lipinski definition) is 6. The van der Waals surface area contributed by atoms with Crippen LogP contribution in [0, 0.1) is 0 Å². The molecule has 0 aliphatic rings. The number of anilines is 2. The van der Waals surface area contributed by atoms with Crippen molar-refractivity contribution in [1.29, 1.82) is 0 Å². The molecule has 2 rings (SSSR count). The van der Waals surface area contributed by atoms with Gasteiger partial charge in [0.25, 0.3) is 0 Å². The minimum absolute atomic E-state index is 0.230. The van der Waals surface area contributed by atoms with Crippen LogP contribution in [0.15, 0.2) is 18.2 Å². The predicted octanol–water partition coefficient (Wildman–Crippen LogP) is 3.26. The number of hydrogen-bond donors (Lipinski definition) is 1. The monoisotopic (exact) mass is 343 g/mol. The zero-order chi connectivity index (χ0) is 15.4. The fraction of sp³-hybridized carbons (Fsp3) is 0.308. The van der Waals surface area contributed by atoms with Crippen molar-refractivity contribution in [3.63, 3.8) is 0 Å². The Balaban J connectivity index is 2.00. The molecule has 5 nitrogen and oxygen atoms in total. The molecular formula is C13H15Cl2N5S. The number of nitrogens with zero attached hydrogens (tertiary/aromatic N) is 4. The van der Waals surface area contributed by atoms with Crippen LogP contribution in [0.2, 0.25) is 10.0 Å². The van der Waals surface area contributed by atoms with Crippen LogP contribution in [-0.2, 0) is 11.5 Å². The van der Waals surface area contributed by atoms with Gasteiger partial charge in [-0.05, 0) is 17.7 Å². The summed E-state index contributed by atoms with van der Waals surface area (Å²) in [5.74, 6) is 2.82. The van der Waals surface area contributed by atoms with Crippen LogP contribution in [0.4, 0.5) is 11.9 Å². The number of nitrogens with two attached hydrogens (primary N) is 1. The summed E-state index contributed by atoms with van der Waals surface area (Å²) in [5.41, 5.74) is 6.72. The molecule has 0 aliphatic heterocycles. The van der Waals surface area contributed by atoms with Gasteiger partial charge >= 0.3 is 0 Å². The molecule has 0 saturated heterocycles. The Morgan fingerprint density at radius 3 is 2.57 bits per heavy atom. The van der Waals surface area contributed by atoms with Crippen LogP contribution in [0.25, 0.3) is 0 Å². The van der Waals surface area contributed by atoms with E-state index >= 15 is 0 Å². The minimum Gasteiger partial charge on any atom is -0.368 e. The lowest BCUT2D eigenvalue weighted by Gasteiger charge is -2.11. The molecule has 8 heteroatoms. The Kier molecular flexibility index (Phi) is 5.50. The lowest BCUT2D eigenvalue weighted by atomic mass is 10.2. The Hall–Kier alpha value is -1.24. The van der Waals surface area contributed by atoms with Crippen molar-refractivity contribution < 1.29 is 0 Å². The summed E-state index contributed by atoms with van der Waals surface area (Å²) >= 11 is 13.7. The van der Waals surface area contributed by atoms with E-state index in [0.29, 0.717) is 27.6 Å². The molecule has 0 radical (unpaired) electrons. The summed E-state index contributed by atoms with van der Waals surface area (Å²) in [4.78, 5) is 14.3. The summed E-state index contributed by atoms with van der Waals surface area (Å²) in [6.45, 7) is 0. The third-order valence-electron chi connectivity index (χ3n) is 2.59. The van der Waals surface area contributed by atoms with Gasteiger partial charge in [0.2, 0.25) is 11.9 Å². The third kappa shape index (κ3) is 4.62. The van der Waals surface area contributed by atoms with Gasteiger partial charge in [-0.15, -0.1) is 11.8 Å². The van der Waals surface area contributed by atoms with Crippen molar-refractivity contribution in [2.45, 2.75) is 11.5 Å². The fourth-order valence-corrected chi connectivity index (χ4v) is 3.02. The van der Waals surface area contributed by atoms with Crippen molar-refractivity contribution in [2.24, 2.45) is 0 Å². The minimum atomic E-state index is 0.230. The maximum Gasteiger partial charge on any atom is 0.229 e. The highest BCUT2D eigenvalue weighted by Gasteiger charge is 2.07. The second kappa shape index (κ2) is 7.15. The van der Waals surface area contributed by atoms with E-state index in [-0.39, 0.29) is 5.95 Å². The molecule has 1 heterocycles.